The number of hydrogen-bond acceptors (Lipinski definition) is 1. The number of nitrogens with one attached hydrogen (secondary N) is 1. The van der Waals surface area contributed by atoms with Crippen LogP contribution in [0.5, 0.6) is 0 Å². The van der Waals surface area contributed by atoms with E-state index in [1.54, 1.807) is 11.1 Å². The summed E-state index contributed by atoms with van der Waals surface area (Å²) in [6, 6.07) is 4.81. The third kappa shape index (κ3) is 2.15. The highest BCUT2D eigenvalue weighted by Crippen LogP contribution is 2.47. The maximum Gasteiger partial charge on any atom is 0.0372 e. The molecule has 0 radical (unpaired) electrons. The van der Waals surface area contributed by atoms with Crippen LogP contribution in [0, 0.1) is 6.92 Å². The molecule has 0 bridgehead atoms. The molecule has 0 aromatic heterocycles. The Morgan fingerprint density at radius 2 is 1.50 bits per heavy atom. The van der Waals surface area contributed by atoms with Crippen LogP contribution in [-0.2, 0) is 10.8 Å². The Kier molecular flexibility index (Phi) is 3.21. The first kappa shape index (κ1) is 13.5. The van der Waals surface area contributed by atoms with Gasteiger partial charge in [0.15, 0.2) is 0 Å². The molecule has 2 rings (SSSR count). The van der Waals surface area contributed by atoms with Crippen molar-refractivity contribution in [3.8, 4) is 0 Å². The zero-order chi connectivity index (χ0) is 13.6. The zero-order valence-electron chi connectivity index (χ0n) is 12.8. The highest BCUT2D eigenvalue weighted by atomic mass is 14.9. The normalized spacial score (nSPS) is 20.3. The highest BCUT2D eigenvalue weighted by molar-refractivity contribution is 5.58. The third-order valence-electron chi connectivity index (χ3n) is 4.57. The summed E-state index contributed by atoms with van der Waals surface area (Å²) < 4.78 is 0. The maximum absolute atomic E-state index is 3.49. The van der Waals surface area contributed by atoms with Crippen molar-refractivity contribution in [1.29, 1.82) is 0 Å². The molecule has 1 aliphatic rings. The average molecular weight is 245 g/mol. The average Bonchev–Trinajstić information content (AvgIpc) is 2.27. The van der Waals surface area contributed by atoms with Crippen molar-refractivity contribution in [1.82, 2.24) is 0 Å². The lowest BCUT2D eigenvalue weighted by molar-refractivity contribution is 0.332. The van der Waals surface area contributed by atoms with E-state index in [1.807, 2.05) is 0 Å². The predicted molar refractivity (Wildman–Crippen MR) is 80.6 cm³/mol. The van der Waals surface area contributed by atoms with E-state index in [1.165, 1.54) is 24.1 Å². The fraction of sp³-hybridized carbons (Fsp3) is 0.647. The van der Waals surface area contributed by atoms with Gasteiger partial charge in [0.1, 0.15) is 0 Å². The predicted octanol–water partition coefficient (Wildman–Crippen LogP) is 4.78. The molecule has 100 valence electrons. The number of anilines is 1. The van der Waals surface area contributed by atoms with Gasteiger partial charge in [0.05, 0.1) is 0 Å². The molecule has 0 unspecified atom stereocenters. The topological polar surface area (TPSA) is 12.0 Å². The molecule has 0 spiro atoms. The maximum atomic E-state index is 3.49. The van der Waals surface area contributed by atoms with Gasteiger partial charge in [-0.2, -0.15) is 0 Å². The van der Waals surface area contributed by atoms with E-state index >= 15 is 0 Å². The molecule has 1 aliphatic carbocycles. The molecule has 18 heavy (non-hydrogen) atoms. The summed E-state index contributed by atoms with van der Waals surface area (Å²) in [6.07, 6.45) is 2.56. The second kappa shape index (κ2) is 4.29. The first-order chi connectivity index (χ1) is 8.28. The third-order valence-corrected chi connectivity index (χ3v) is 4.57. The van der Waals surface area contributed by atoms with Gasteiger partial charge in [0.2, 0.25) is 0 Å². The van der Waals surface area contributed by atoms with Gasteiger partial charge in [0, 0.05) is 12.2 Å². The lowest BCUT2D eigenvalue weighted by Crippen LogP contribution is -2.34. The van der Waals surface area contributed by atoms with Gasteiger partial charge in [-0.15, -0.1) is 0 Å². The van der Waals surface area contributed by atoms with Crippen LogP contribution in [0.1, 0.15) is 64.2 Å². The van der Waals surface area contributed by atoms with Crippen molar-refractivity contribution < 1.29 is 0 Å². The number of rotatable bonds is 2. The van der Waals surface area contributed by atoms with Crippen LogP contribution in [-0.4, -0.2) is 6.54 Å². The highest BCUT2D eigenvalue weighted by Gasteiger charge is 2.37. The van der Waals surface area contributed by atoms with Crippen molar-refractivity contribution in [3.05, 3.63) is 28.8 Å². The van der Waals surface area contributed by atoms with Crippen LogP contribution < -0.4 is 5.32 Å². The molecule has 0 heterocycles. The Morgan fingerprint density at radius 3 is 2.00 bits per heavy atom. The van der Waals surface area contributed by atoms with Gasteiger partial charge in [-0.3, -0.25) is 0 Å². The number of aryl methyl sites for hydroxylation is 1. The lowest BCUT2D eigenvalue weighted by Gasteiger charge is -2.42. The summed E-state index contributed by atoms with van der Waals surface area (Å²) in [4.78, 5) is 0. The van der Waals surface area contributed by atoms with Crippen molar-refractivity contribution in [2.45, 2.75) is 65.2 Å². The Morgan fingerprint density at radius 1 is 1.00 bits per heavy atom. The van der Waals surface area contributed by atoms with Crippen molar-refractivity contribution in [2.75, 3.05) is 11.9 Å². The van der Waals surface area contributed by atoms with E-state index in [4.69, 9.17) is 0 Å². The molecule has 0 fully saturated rings. The molecule has 1 heteroatoms. The van der Waals surface area contributed by atoms with Crippen LogP contribution in [0.2, 0.25) is 0 Å². The van der Waals surface area contributed by atoms with Gasteiger partial charge in [-0.05, 0) is 60.3 Å². The number of fused-ring (bicyclic) bond motifs is 1. The lowest BCUT2D eigenvalue weighted by atomic mass is 9.63. The molecule has 0 amide bonds. The molecule has 0 aliphatic heterocycles. The molecular weight excluding hydrogens is 218 g/mol. The number of hydrogen-bond donors (Lipinski definition) is 1. The fourth-order valence-corrected chi connectivity index (χ4v) is 3.10. The van der Waals surface area contributed by atoms with Crippen molar-refractivity contribution >= 4 is 5.69 Å². The largest absolute Gasteiger partial charge is 0.385 e. The van der Waals surface area contributed by atoms with Crippen molar-refractivity contribution in [3.63, 3.8) is 0 Å². The standard InChI is InChI=1S/C17H27N/c1-7-18-15-11-14-13(10-12(15)2)16(3,4)8-9-17(14,5)6/h10-11,18H,7-9H2,1-6H3. The Balaban J connectivity index is 2.61. The second-order valence-electron chi connectivity index (χ2n) is 7.01. The molecule has 1 nitrogen and oxygen atoms in total. The summed E-state index contributed by atoms with van der Waals surface area (Å²) >= 11 is 0. The van der Waals surface area contributed by atoms with E-state index in [0.29, 0.717) is 10.8 Å². The molecule has 1 aromatic carbocycles. The molecule has 0 atom stereocenters. The first-order valence-electron chi connectivity index (χ1n) is 7.17. The molecule has 0 saturated heterocycles. The van der Waals surface area contributed by atoms with Crippen LogP contribution >= 0.6 is 0 Å². The minimum atomic E-state index is 0.308. The Labute approximate surface area is 112 Å². The van der Waals surface area contributed by atoms with E-state index in [2.05, 4.69) is 59.0 Å². The monoisotopic (exact) mass is 245 g/mol. The van der Waals surface area contributed by atoms with Crippen molar-refractivity contribution in [2.24, 2.45) is 0 Å². The number of benzene rings is 1. The fourth-order valence-electron chi connectivity index (χ4n) is 3.10. The first-order valence-corrected chi connectivity index (χ1v) is 7.17. The Bertz CT molecular complexity index is 455. The summed E-state index contributed by atoms with van der Waals surface area (Å²) in [6.45, 7) is 14.9. The minimum Gasteiger partial charge on any atom is -0.385 e. The second-order valence-corrected chi connectivity index (χ2v) is 7.01. The zero-order valence-corrected chi connectivity index (χ0v) is 12.8. The minimum absolute atomic E-state index is 0.308. The van der Waals surface area contributed by atoms with Crippen LogP contribution in [0.4, 0.5) is 5.69 Å². The van der Waals surface area contributed by atoms with Gasteiger partial charge in [-0.25, -0.2) is 0 Å². The van der Waals surface area contributed by atoms with Gasteiger partial charge in [-0.1, -0.05) is 33.8 Å². The summed E-state index contributed by atoms with van der Waals surface area (Å²) in [5, 5.41) is 3.49. The quantitative estimate of drug-likeness (QED) is 0.791. The summed E-state index contributed by atoms with van der Waals surface area (Å²) in [7, 11) is 0. The van der Waals surface area contributed by atoms with Crippen LogP contribution in [0.3, 0.4) is 0 Å². The Hall–Kier alpha value is -0.980. The molecule has 0 saturated carbocycles. The summed E-state index contributed by atoms with van der Waals surface area (Å²) in [5.74, 6) is 0. The molecular formula is C17H27N. The smallest absolute Gasteiger partial charge is 0.0372 e. The van der Waals surface area contributed by atoms with Crippen LogP contribution in [0.25, 0.3) is 0 Å². The van der Waals surface area contributed by atoms with E-state index in [9.17, 15) is 0 Å². The van der Waals surface area contributed by atoms with E-state index in [0.717, 1.165) is 6.54 Å². The molecule has 1 aromatic rings. The molecule has 1 N–H and O–H groups in total. The van der Waals surface area contributed by atoms with Gasteiger partial charge >= 0.3 is 0 Å². The van der Waals surface area contributed by atoms with E-state index in [-0.39, 0.29) is 0 Å². The van der Waals surface area contributed by atoms with Gasteiger partial charge in [0.25, 0.3) is 0 Å². The van der Waals surface area contributed by atoms with Gasteiger partial charge < -0.3 is 5.32 Å². The van der Waals surface area contributed by atoms with Crippen LogP contribution in [0.15, 0.2) is 12.1 Å². The SMILES string of the molecule is CCNc1cc2c(cc1C)C(C)(C)CCC2(C)C. The summed E-state index contributed by atoms with van der Waals surface area (Å²) in [5.41, 5.74) is 6.41. The van der Waals surface area contributed by atoms with E-state index < -0.39 is 0 Å².